The number of halogens is 3. The maximum Gasteiger partial charge on any atom is 0.251 e. The topological polar surface area (TPSA) is 49.4 Å². The van der Waals surface area contributed by atoms with E-state index in [-0.39, 0.29) is 29.8 Å². The van der Waals surface area contributed by atoms with Gasteiger partial charge < -0.3 is 10.2 Å². The Morgan fingerprint density at radius 3 is 2.50 bits per heavy atom. The van der Waals surface area contributed by atoms with Crippen LogP contribution in [0.15, 0.2) is 42.5 Å². The molecule has 4 nitrogen and oxygen atoms in total. The summed E-state index contributed by atoms with van der Waals surface area (Å²) in [5.74, 6) is -1.16. The summed E-state index contributed by atoms with van der Waals surface area (Å²) < 4.78 is 13.6. The van der Waals surface area contributed by atoms with E-state index in [0.717, 1.165) is 0 Å². The van der Waals surface area contributed by atoms with E-state index >= 15 is 0 Å². The van der Waals surface area contributed by atoms with Gasteiger partial charge >= 0.3 is 0 Å². The highest BCUT2D eigenvalue weighted by Gasteiger charge is 2.14. The minimum Gasteiger partial charge on any atom is -0.343 e. The van der Waals surface area contributed by atoms with Crippen molar-refractivity contribution in [2.45, 2.75) is 6.54 Å². The first-order chi connectivity index (χ1) is 11.4. The highest BCUT2D eigenvalue weighted by atomic mass is 35.5. The molecule has 0 fully saturated rings. The summed E-state index contributed by atoms with van der Waals surface area (Å²) in [6.07, 6.45) is 0. The first-order valence-corrected chi connectivity index (χ1v) is 7.84. The van der Waals surface area contributed by atoms with Crippen molar-refractivity contribution >= 4 is 35.0 Å². The lowest BCUT2D eigenvalue weighted by Gasteiger charge is -2.18. The lowest BCUT2D eigenvalue weighted by molar-refractivity contribution is -0.129. The first-order valence-electron chi connectivity index (χ1n) is 7.09. The highest BCUT2D eigenvalue weighted by molar-refractivity contribution is 6.42. The zero-order chi connectivity index (χ0) is 17.7. The van der Waals surface area contributed by atoms with Gasteiger partial charge in [-0.05, 0) is 24.3 Å². The van der Waals surface area contributed by atoms with Crippen LogP contribution in [0.25, 0.3) is 0 Å². The third-order valence-corrected chi connectivity index (χ3v) is 4.11. The Kier molecular flexibility index (Phi) is 6.17. The monoisotopic (exact) mass is 368 g/mol. The van der Waals surface area contributed by atoms with Gasteiger partial charge in [0.15, 0.2) is 0 Å². The number of rotatable bonds is 5. The van der Waals surface area contributed by atoms with E-state index in [2.05, 4.69) is 5.32 Å². The molecule has 0 bridgehead atoms. The zero-order valence-electron chi connectivity index (χ0n) is 12.9. The molecule has 2 amide bonds. The van der Waals surface area contributed by atoms with Crippen LogP contribution >= 0.6 is 23.2 Å². The van der Waals surface area contributed by atoms with Crippen LogP contribution in [-0.2, 0) is 11.3 Å². The van der Waals surface area contributed by atoms with E-state index in [9.17, 15) is 14.0 Å². The Morgan fingerprint density at radius 1 is 1.12 bits per heavy atom. The molecule has 0 aliphatic carbocycles. The smallest absolute Gasteiger partial charge is 0.251 e. The molecule has 0 spiro atoms. The normalized spacial score (nSPS) is 10.3. The maximum atomic E-state index is 13.6. The molecule has 24 heavy (non-hydrogen) atoms. The molecule has 0 aliphatic rings. The molecule has 0 saturated heterocycles. The van der Waals surface area contributed by atoms with Crippen LogP contribution in [-0.4, -0.2) is 30.3 Å². The molecule has 0 atom stereocenters. The second-order valence-electron chi connectivity index (χ2n) is 5.15. The number of hydrogen-bond acceptors (Lipinski definition) is 2. The summed E-state index contributed by atoms with van der Waals surface area (Å²) in [6, 6.07) is 10.7. The molecule has 7 heteroatoms. The van der Waals surface area contributed by atoms with Gasteiger partial charge in [0.2, 0.25) is 5.91 Å². The van der Waals surface area contributed by atoms with Crippen LogP contribution in [0.2, 0.25) is 10.0 Å². The summed E-state index contributed by atoms with van der Waals surface area (Å²) in [4.78, 5) is 25.4. The average Bonchev–Trinajstić information content (AvgIpc) is 2.56. The van der Waals surface area contributed by atoms with Gasteiger partial charge in [-0.15, -0.1) is 0 Å². The molecule has 0 radical (unpaired) electrons. The van der Waals surface area contributed by atoms with E-state index in [0.29, 0.717) is 16.1 Å². The van der Waals surface area contributed by atoms with Crippen molar-refractivity contribution in [2.24, 2.45) is 0 Å². The standard InChI is InChI=1S/C17H15Cl2FN2O2/c1-22(10-12-4-2-3-5-15(12)20)16(23)9-21-17(24)11-6-7-13(18)14(19)8-11/h2-8H,9-10H2,1H3,(H,21,24). The molecule has 0 heterocycles. The number of carbonyl (C=O) groups is 2. The number of hydrogen-bond donors (Lipinski definition) is 1. The van der Waals surface area contributed by atoms with Gasteiger partial charge in [-0.2, -0.15) is 0 Å². The largest absolute Gasteiger partial charge is 0.343 e. The minimum absolute atomic E-state index is 0.119. The van der Waals surface area contributed by atoms with E-state index in [1.165, 1.54) is 29.2 Å². The summed E-state index contributed by atoms with van der Waals surface area (Å²) >= 11 is 11.6. The minimum atomic E-state index is -0.443. The highest BCUT2D eigenvalue weighted by Crippen LogP contribution is 2.22. The van der Waals surface area contributed by atoms with Crippen LogP contribution in [0.4, 0.5) is 4.39 Å². The zero-order valence-corrected chi connectivity index (χ0v) is 14.4. The fourth-order valence-corrected chi connectivity index (χ4v) is 2.30. The SMILES string of the molecule is CN(Cc1ccccc1F)C(=O)CNC(=O)c1ccc(Cl)c(Cl)c1. The van der Waals surface area contributed by atoms with Crippen LogP contribution in [0.5, 0.6) is 0 Å². The lowest BCUT2D eigenvalue weighted by Crippen LogP contribution is -2.37. The molecule has 2 aromatic carbocycles. The van der Waals surface area contributed by atoms with Gasteiger partial charge in [-0.1, -0.05) is 41.4 Å². The quantitative estimate of drug-likeness (QED) is 0.877. The second kappa shape index (κ2) is 8.13. The lowest BCUT2D eigenvalue weighted by atomic mass is 10.2. The van der Waals surface area contributed by atoms with E-state index in [1.807, 2.05) is 0 Å². The number of likely N-dealkylation sites (N-methyl/N-ethyl adjacent to an activating group) is 1. The first kappa shape index (κ1) is 18.2. The summed E-state index contributed by atoms with van der Waals surface area (Å²) in [5.41, 5.74) is 0.707. The number of nitrogens with zero attached hydrogens (tertiary/aromatic N) is 1. The Morgan fingerprint density at radius 2 is 1.83 bits per heavy atom. The van der Waals surface area contributed by atoms with E-state index < -0.39 is 5.91 Å². The molecule has 0 aliphatic heterocycles. The molecule has 0 unspecified atom stereocenters. The number of amides is 2. The molecule has 2 aromatic rings. The van der Waals surface area contributed by atoms with Crippen LogP contribution < -0.4 is 5.32 Å². The number of nitrogens with one attached hydrogen (secondary N) is 1. The summed E-state index contributed by atoms with van der Waals surface area (Å²) in [6.45, 7) is -0.0851. The van der Waals surface area contributed by atoms with Crippen molar-refractivity contribution in [3.63, 3.8) is 0 Å². The summed E-state index contributed by atoms with van der Waals surface area (Å²) in [5, 5.41) is 3.10. The van der Waals surface area contributed by atoms with Crippen LogP contribution in [0.1, 0.15) is 15.9 Å². The third kappa shape index (κ3) is 4.69. The predicted octanol–water partition coefficient (Wildman–Crippen LogP) is 3.52. The predicted molar refractivity (Wildman–Crippen MR) is 91.7 cm³/mol. The van der Waals surface area contributed by atoms with Gasteiger partial charge in [0.25, 0.3) is 5.91 Å². The molecular formula is C17H15Cl2FN2O2. The van der Waals surface area contributed by atoms with Crippen molar-refractivity contribution in [3.8, 4) is 0 Å². The van der Waals surface area contributed by atoms with Gasteiger partial charge in [0.1, 0.15) is 5.82 Å². The van der Waals surface area contributed by atoms with Crippen LogP contribution in [0, 0.1) is 5.82 Å². The van der Waals surface area contributed by atoms with Crippen molar-refractivity contribution in [3.05, 3.63) is 69.5 Å². The van der Waals surface area contributed by atoms with E-state index in [4.69, 9.17) is 23.2 Å². The molecular weight excluding hydrogens is 354 g/mol. The Hall–Kier alpha value is -2.11. The van der Waals surface area contributed by atoms with Crippen molar-refractivity contribution < 1.29 is 14.0 Å². The Labute approximate surface area is 149 Å². The van der Waals surface area contributed by atoms with Crippen molar-refractivity contribution in [1.29, 1.82) is 0 Å². The Balaban J connectivity index is 1.91. The fraction of sp³-hybridized carbons (Fsp3) is 0.176. The molecule has 0 saturated carbocycles. The number of benzene rings is 2. The molecule has 1 N–H and O–H groups in total. The molecule has 0 aromatic heterocycles. The average molecular weight is 369 g/mol. The van der Waals surface area contributed by atoms with Crippen molar-refractivity contribution in [1.82, 2.24) is 10.2 Å². The second-order valence-corrected chi connectivity index (χ2v) is 5.97. The van der Waals surface area contributed by atoms with Gasteiger partial charge in [-0.25, -0.2) is 4.39 Å². The van der Waals surface area contributed by atoms with E-state index in [1.54, 1.807) is 25.2 Å². The fourth-order valence-electron chi connectivity index (χ4n) is 2.00. The Bertz CT molecular complexity index is 768. The van der Waals surface area contributed by atoms with Crippen molar-refractivity contribution in [2.75, 3.05) is 13.6 Å². The molecule has 2 rings (SSSR count). The van der Waals surface area contributed by atoms with Gasteiger partial charge in [-0.3, -0.25) is 9.59 Å². The van der Waals surface area contributed by atoms with Crippen LogP contribution in [0.3, 0.4) is 0 Å². The number of carbonyl (C=O) groups excluding carboxylic acids is 2. The van der Waals surface area contributed by atoms with Gasteiger partial charge in [0, 0.05) is 24.7 Å². The summed E-state index contributed by atoms with van der Waals surface area (Å²) in [7, 11) is 1.54. The maximum absolute atomic E-state index is 13.6. The van der Waals surface area contributed by atoms with Gasteiger partial charge in [0.05, 0.1) is 16.6 Å². The third-order valence-electron chi connectivity index (χ3n) is 3.37. The molecule has 126 valence electrons.